The number of carbonyl (C=O) groups excluding carboxylic acids is 1. The molecule has 16 nitrogen and oxygen atoms in total. The fraction of sp³-hybridized carbons (Fsp3) is 0.241. The fourth-order valence-electron chi connectivity index (χ4n) is 4.41. The van der Waals surface area contributed by atoms with Crippen LogP contribution >= 0.6 is 23.2 Å². The van der Waals surface area contributed by atoms with E-state index in [1.54, 1.807) is 16.0 Å². The molecule has 0 saturated heterocycles. The molecule has 1 aliphatic heterocycles. The minimum absolute atomic E-state index is 0.0788. The molecule has 5 rings (SSSR count). The molecule has 276 valence electrons. The normalized spacial score (nSPS) is 12.2. The second-order valence-electron chi connectivity index (χ2n) is 9.93. The number of hydrogen-bond donors (Lipinski definition) is 3. The fourth-order valence-corrected chi connectivity index (χ4v) is 6.04. The number of fused-ring (bicyclic) bond motifs is 1. The summed E-state index contributed by atoms with van der Waals surface area (Å²) in [6.45, 7) is -6.06. The summed E-state index contributed by atoms with van der Waals surface area (Å²) in [6, 6.07) is 6.33. The summed E-state index contributed by atoms with van der Waals surface area (Å²) < 4.78 is 91.4. The Morgan fingerprint density at radius 3 is 2.27 bits per heavy atom. The van der Waals surface area contributed by atoms with Gasteiger partial charge in [-0.2, -0.15) is 32.2 Å². The molecule has 0 fully saturated rings. The monoisotopic (exact) mass is 791 g/mol. The number of sulfonamides is 1. The number of nitrogens with zero attached hydrogens (tertiary/aromatic N) is 5. The molecule has 0 radical (unpaired) electrons. The van der Waals surface area contributed by atoms with Crippen molar-refractivity contribution in [1.82, 2.24) is 29.0 Å². The van der Waals surface area contributed by atoms with Crippen LogP contribution in [0, 0.1) is 12.3 Å². The van der Waals surface area contributed by atoms with Crippen LogP contribution in [0.3, 0.4) is 0 Å². The first kappa shape index (κ1) is 39.2. The third-order valence-electron chi connectivity index (χ3n) is 6.47. The van der Waals surface area contributed by atoms with Gasteiger partial charge in [0.15, 0.2) is 0 Å². The number of alkyl halides is 4. The first-order valence-electron chi connectivity index (χ1n) is 14.3. The van der Waals surface area contributed by atoms with Crippen LogP contribution in [0.2, 0.25) is 10.0 Å². The summed E-state index contributed by atoms with van der Waals surface area (Å²) in [5.41, 5.74) is -0.416. The van der Waals surface area contributed by atoms with E-state index in [9.17, 15) is 40.4 Å². The molecule has 2 aromatic heterocycles. The number of nitrogens with one attached hydrogen (secondary N) is 2. The maximum atomic E-state index is 12.5. The molecule has 0 atom stereocenters. The van der Waals surface area contributed by atoms with Gasteiger partial charge in [0, 0.05) is 19.0 Å². The molecule has 0 spiro atoms. The Kier molecular flexibility index (Phi) is 12.9. The largest absolute Gasteiger partial charge is 0.479 e. The Bertz CT molecular complexity index is 2150. The third-order valence-corrected chi connectivity index (χ3v) is 8.46. The number of hydrogen-bond acceptors (Lipinski definition) is 11. The number of terminal acetylenes is 1. The van der Waals surface area contributed by atoms with Gasteiger partial charge in [-0.3, -0.25) is 9.88 Å². The summed E-state index contributed by atoms with van der Waals surface area (Å²) in [5, 5.41) is 15.8. The number of ether oxygens (including phenoxy) is 3. The molecular formula is C29H23Cl2F4N7O9S. The van der Waals surface area contributed by atoms with Crippen molar-refractivity contribution < 1.29 is 54.9 Å². The number of amides is 2. The van der Waals surface area contributed by atoms with Crippen LogP contribution in [0.5, 0.6) is 17.5 Å². The number of aryl methyl sites for hydroxylation is 1. The van der Waals surface area contributed by atoms with Crippen molar-refractivity contribution in [2.75, 3.05) is 11.9 Å². The van der Waals surface area contributed by atoms with E-state index in [4.69, 9.17) is 39.5 Å². The van der Waals surface area contributed by atoms with Crippen molar-refractivity contribution in [3.63, 3.8) is 0 Å². The van der Waals surface area contributed by atoms with Crippen LogP contribution in [0.15, 0.2) is 52.2 Å². The van der Waals surface area contributed by atoms with E-state index >= 15 is 0 Å². The van der Waals surface area contributed by atoms with E-state index < -0.39 is 63.4 Å². The highest BCUT2D eigenvalue weighted by Crippen LogP contribution is 2.33. The number of carboxylic acids is 1. The lowest BCUT2D eigenvalue weighted by Gasteiger charge is -2.11. The van der Waals surface area contributed by atoms with Crippen molar-refractivity contribution in [1.29, 1.82) is 0 Å². The molecule has 1 aliphatic rings. The van der Waals surface area contributed by atoms with E-state index in [0.29, 0.717) is 34.1 Å². The molecular weight excluding hydrogens is 769 g/mol. The molecule has 0 saturated carbocycles. The minimum atomic E-state index is -4.71. The molecule has 2 aromatic carbocycles. The van der Waals surface area contributed by atoms with Crippen molar-refractivity contribution >= 4 is 51.2 Å². The SMILES string of the molecule is C#CCOc1cc(-n2nc3n(c2=O)CCCC3)c(Cl)cc1Cl.O=C(Nc1nc(OC(F)F)cc(OC(F)F)n1)NS(=O)(=O)c1ccccc1C(=O)O. The standard InChI is InChI=1S/C15H13Cl2N3O2.C14H10F4N4O7S/c1-2-7-22-13-9-12(10(16)8-11(13)17)20-15(21)19-6-4-3-5-14(19)18-20;15-11(16)28-8-5-9(29-12(17)18)20-13(19-8)21-14(25)22-30(26,27)7-4-2-1-3-6(7)10(23)24/h1,8-9H,3-7H2;1-5,11-12H,(H,23,24)(H2,19,20,21,22,25). The maximum Gasteiger partial charge on any atom is 0.388 e. The van der Waals surface area contributed by atoms with Crippen LogP contribution in [0.25, 0.3) is 5.69 Å². The van der Waals surface area contributed by atoms with Crippen LogP contribution in [-0.4, -0.2) is 69.7 Å². The van der Waals surface area contributed by atoms with E-state index in [1.165, 1.54) is 27.6 Å². The Balaban J connectivity index is 0.000000243. The van der Waals surface area contributed by atoms with Gasteiger partial charge in [0.05, 0.1) is 27.4 Å². The molecule has 3 heterocycles. The van der Waals surface area contributed by atoms with Crippen molar-refractivity contribution in [2.45, 2.75) is 43.9 Å². The summed E-state index contributed by atoms with van der Waals surface area (Å²) >= 11 is 12.3. The summed E-state index contributed by atoms with van der Waals surface area (Å²) in [6.07, 6.45) is 7.97. The van der Waals surface area contributed by atoms with Gasteiger partial charge in [0.2, 0.25) is 17.7 Å². The number of carboxylic acid groups (broad SMARTS) is 1. The Morgan fingerprint density at radius 2 is 1.67 bits per heavy atom. The molecule has 23 heteroatoms. The van der Waals surface area contributed by atoms with Crippen LogP contribution < -0.4 is 29.9 Å². The molecule has 0 aliphatic carbocycles. The highest BCUT2D eigenvalue weighted by Gasteiger charge is 2.25. The predicted molar refractivity (Wildman–Crippen MR) is 173 cm³/mol. The summed E-state index contributed by atoms with van der Waals surface area (Å²) in [5.74, 6) is -0.945. The molecule has 0 unspecified atom stereocenters. The molecule has 3 N–H and O–H groups in total. The molecule has 52 heavy (non-hydrogen) atoms. The number of anilines is 1. The molecule has 0 bridgehead atoms. The number of aromatic carboxylic acids is 1. The van der Waals surface area contributed by atoms with E-state index in [0.717, 1.165) is 37.2 Å². The minimum Gasteiger partial charge on any atom is -0.479 e. The smallest absolute Gasteiger partial charge is 0.388 e. The predicted octanol–water partition coefficient (Wildman–Crippen LogP) is 4.58. The van der Waals surface area contributed by atoms with Gasteiger partial charge in [-0.15, -0.1) is 11.5 Å². The van der Waals surface area contributed by atoms with E-state index in [-0.39, 0.29) is 12.3 Å². The van der Waals surface area contributed by atoms with Crippen molar-refractivity contribution in [3.8, 4) is 35.5 Å². The number of aromatic nitrogens is 5. The number of urea groups is 1. The van der Waals surface area contributed by atoms with Gasteiger partial charge in [0.1, 0.15) is 23.1 Å². The zero-order valence-corrected chi connectivity index (χ0v) is 28.3. The highest BCUT2D eigenvalue weighted by molar-refractivity contribution is 7.90. The Hall–Kier alpha value is -5.59. The quantitative estimate of drug-likeness (QED) is 0.141. The molecule has 2 amide bonds. The maximum absolute atomic E-state index is 12.5. The Morgan fingerprint density at radius 1 is 1.02 bits per heavy atom. The van der Waals surface area contributed by atoms with Crippen LogP contribution in [0.1, 0.15) is 29.0 Å². The van der Waals surface area contributed by atoms with Crippen molar-refractivity contribution in [2.24, 2.45) is 0 Å². The van der Waals surface area contributed by atoms with Crippen LogP contribution in [-0.2, 0) is 23.0 Å². The lowest BCUT2D eigenvalue weighted by atomic mass is 10.2. The van der Waals surface area contributed by atoms with Gasteiger partial charge >= 0.3 is 30.9 Å². The average molecular weight is 793 g/mol. The topological polar surface area (TPSA) is 206 Å². The van der Waals surface area contributed by atoms with Crippen LogP contribution in [0.4, 0.5) is 28.3 Å². The summed E-state index contributed by atoms with van der Waals surface area (Å²) in [4.78, 5) is 41.3. The second kappa shape index (κ2) is 17.1. The van der Waals surface area contributed by atoms with Gasteiger partial charge < -0.3 is 19.3 Å². The van der Waals surface area contributed by atoms with E-state index in [2.05, 4.69) is 30.5 Å². The van der Waals surface area contributed by atoms with Gasteiger partial charge in [0.25, 0.3) is 10.0 Å². The zero-order chi connectivity index (χ0) is 38.2. The van der Waals surface area contributed by atoms with E-state index in [1.807, 2.05) is 0 Å². The second-order valence-corrected chi connectivity index (χ2v) is 12.4. The average Bonchev–Trinajstić information content (AvgIpc) is 3.39. The summed E-state index contributed by atoms with van der Waals surface area (Å²) in [7, 11) is -4.71. The first-order valence-corrected chi connectivity index (χ1v) is 16.5. The van der Waals surface area contributed by atoms with Gasteiger partial charge in [-0.05, 0) is 31.0 Å². The van der Waals surface area contributed by atoms with Gasteiger partial charge in [-0.25, -0.2) is 27.5 Å². The number of halogens is 6. The highest BCUT2D eigenvalue weighted by atomic mass is 35.5. The number of rotatable bonds is 11. The lowest BCUT2D eigenvalue weighted by molar-refractivity contribution is -0.0579. The Labute approximate surface area is 300 Å². The third kappa shape index (κ3) is 10.0. The van der Waals surface area contributed by atoms with Gasteiger partial charge in [-0.1, -0.05) is 41.3 Å². The molecule has 4 aromatic rings. The number of carbonyl (C=O) groups is 2. The number of benzene rings is 2. The lowest BCUT2D eigenvalue weighted by Crippen LogP contribution is -2.35. The first-order chi connectivity index (χ1) is 24.6. The van der Waals surface area contributed by atoms with Crippen molar-refractivity contribution in [3.05, 3.63) is 74.4 Å². The zero-order valence-electron chi connectivity index (χ0n) is 25.9.